The fourth-order valence-electron chi connectivity index (χ4n) is 3.30. The molecule has 2 aromatic carbocycles. The number of carbonyl (C=O) groups excluding carboxylic acids is 1. The van der Waals surface area contributed by atoms with Crippen LogP contribution in [0.4, 0.5) is 5.69 Å². The molecular weight excluding hydrogens is 438 g/mol. The van der Waals surface area contributed by atoms with E-state index >= 15 is 0 Å². The SMILES string of the molecule is Cc1ccc(N(CC(=O)NCCCN2CCOCC2)S(=O)(=O)c2ccc(Cl)cc2)cc1. The molecule has 0 unspecified atom stereocenters. The maximum Gasteiger partial charge on any atom is 0.264 e. The van der Waals surface area contributed by atoms with E-state index in [9.17, 15) is 13.2 Å². The van der Waals surface area contributed by atoms with Crippen molar-refractivity contribution in [1.82, 2.24) is 10.2 Å². The molecule has 0 radical (unpaired) electrons. The third kappa shape index (κ3) is 6.67. The molecule has 9 heteroatoms. The molecule has 1 amide bonds. The molecule has 2 aromatic rings. The summed E-state index contributed by atoms with van der Waals surface area (Å²) in [5.74, 6) is -0.347. The van der Waals surface area contributed by atoms with Crippen LogP contribution in [0.1, 0.15) is 12.0 Å². The number of ether oxygens (including phenoxy) is 1. The number of morpholine rings is 1. The number of carbonyl (C=O) groups is 1. The molecule has 0 atom stereocenters. The number of anilines is 1. The van der Waals surface area contributed by atoms with Crippen molar-refractivity contribution in [3.05, 3.63) is 59.1 Å². The Morgan fingerprint density at radius 3 is 2.39 bits per heavy atom. The average Bonchev–Trinajstić information content (AvgIpc) is 2.77. The number of amides is 1. The van der Waals surface area contributed by atoms with E-state index in [1.807, 2.05) is 19.1 Å². The predicted molar refractivity (Wildman–Crippen MR) is 122 cm³/mol. The Kier molecular flexibility index (Phi) is 8.31. The summed E-state index contributed by atoms with van der Waals surface area (Å²) in [7, 11) is -3.93. The molecule has 1 N–H and O–H groups in total. The van der Waals surface area contributed by atoms with Gasteiger partial charge in [-0.1, -0.05) is 29.3 Å². The van der Waals surface area contributed by atoms with Crippen LogP contribution in [0.3, 0.4) is 0 Å². The smallest absolute Gasteiger partial charge is 0.264 e. The quantitative estimate of drug-likeness (QED) is 0.576. The number of nitrogens with one attached hydrogen (secondary N) is 1. The van der Waals surface area contributed by atoms with Gasteiger partial charge in [-0.2, -0.15) is 0 Å². The molecule has 1 fully saturated rings. The van der Waals surface area contributed by atoms with Crippen molar-refractivity contribution in [2.24, 2.45) is 0 Å². The minimum absolute atomic E-state index is 0.0811. The van der Waals surface area contributed by atoms with Gasteiger partial charge in [-0.25, -0.2) is 8.42 Å². The molecule has 1 aliphatic heterocycles. The van der Waals surface area contributed by atoms with Gasteiger partial charge in [0.25, 0.3) is 10.0 Å². The molecular formula is C22H28ClN3O4S. The molecule has 168 valence electrons. The third-order valence-electron chi connectivity index (χ3n) is 5.09. The molecule has 1 heterocycles. The fourth-order valence-corrected chi connectivity index (χ4v) is 4.85. The summed E-state index contributed by atoms with van der Waals surface area (Å²) in [5, 5.41) is 3.29. The maximum absolute atomic E-state index is 13.3. The summed E-state index contributed by atoms with van der Waals surface area (Å²) in [6.07, 6.45) is 0.792. The molecule has 0 aliphatic carbocycles. The van der Waals surface area contributed by atoms with E-state index in [1.165, 1.54) is 24.3 Å². The summed E-state index contributed by atoms with van der Waals surface area (Å²) in [6.45, 7) is 6.24. The Morgan fingerprint density at radius 2 is 1.74 bits per heavy atom. The van der Waals surface area contributed by atoms with E-state index in [-0.39, 0.29) is 17.3 Å². The summed E-state index contributed by atoms with van der Waals surface area (Å²) in [5.41, 5.74) is 1.43. The molecule has 3 rings (SSSR count). The summed E-state index contributed by atoms with van der Waals surface area (Å²) in [6, 6.07) is 13.0. The van der Waals surface area contributed by atoms with Crippen molar-refractivity contribution < 1.29 is 17.9 Å². The lowest BCUT2D eigenvalue weighted by molar-refractivity contribution is -0.119. The van der Waals surface area contributed by atoms with Crippen LogP contribution in [-0.4, -0.2) is 65.2 Å². The lowest BCUT2D eigenvalue weighted by Gasteiger charge is -2.26. The second kappa shape index (κ2) is 10.9. The van der Waals surface area contributed by atoms with Gasteiger partial charge in [0.15, 0.2) is 0 Å². The Labute approximate surface area is 189 Å². The van der Waals surface area contributed by atoms with Crippen LogP contribution in [-0.2, 0) is 19.6 Å². The van der Waals surface area contributed by atoms with Gasteiger partial charge in [-0.3, -0.25) is 14.0 Å². The number of aryl methyl sites for hydroxylation is 1. The van der Waals surface area contributed by atoms with Gasteiger partial charge in [-0.15, -0.1) is 0 Å². The third-order valence-corrected chi connectivity index (χ3v) is 7.13. The minimum atomic E-state index is -3.93. The van der Waals surface area contributed by atoms with E-state index in [4.69, 9.17) is 16.3 Å². The van der Waals surface area contributed by atoms with Gasteiger partial charge in [0.05, 0.1) is 23.8 Å². The van der Waals surface area contributed by atoms with E-state index in [0.29, 0.717) is 17.3 Å². The molecule has 1 saturated heterocycles. The zero-order chi connectivity index (χ0) is 22.3. The second-order valence-electron chi connectivity index (χ2n) is 7.46. The number of nitrogens with zero attached hydrogens (tertiary/aromatic N) is 2. The lowest BCUT2D eigenvalue weighted by atomic mass is 10.2. The van der Waals surface area contributed by atoms with Crippen LogP contribution < -0.4 is 9.62 Å². The van der Waals surface area contributed by atoms with E-state index in [2.05, 4.69) is 10.2 Å². The number of hydrogen-bond donors (Lipinski definition) is 1. The lowest BCUT2D eigenvalue weighted by Crippen LogP contribution is -2.42. The largest absolute Gasteiger partial charge is 0.379 e. The molecule has 0 saturated carbocycles. The van der Waals surface area contributed by atoms with Gasteiger partial charge in [-0.05, 0) is 56.3 Å². The van der Waals surface area contributed by atoms with Crippen LogP contribution >= 0.6 is 11.6 Å². The Balaban J connectivity index is 1.67. The van der Waals surface area contributed by atoms with Crippen molar-refractivity contribution in [2.45, 2.75) is 18.2 Å². The van der Waals surface area contributed by atoms with Crippen LogP contribution in [0.2, 0.25) is 5.02 Å². The zero-order valence-corrected chi connectivity index (χ0v) is 19.2. The number of halogens is 1. The predicted octanol–water partition coefficient (Wildman–Crippen LogP) is 2.68. The topological polar surface area (TPSA) is 79.0 Å². The number of rotatable bonds is 9. The van der Waals surface area contributed by atoms with Gasteiger partial charge in [0, 0.05) is 24.7 Å². The van der Waals surface area contributed by atoms with Crippen LogP contribution in [0, 0.1) is 6.92 Å². The first-order valence-electron chi connectivity index (χ1n) is 10.3. The molecule has 7 nitrogen and oxygen atoms in total. The molecule has 0 aromatic heterocycles. The summed E-state index contributed by atoms with van der Waals surface area (Å²) in [4.78, 5) is 15.0. The fraction of sp³-hybridized carbons (Fsp3) is 0.409. The van der Waals surface area contributed by atoms with Crippen molar-refractivity contribution in [3.63, 3.8) is 0 Å². The van der Waals surface area contributed by atoms with Crippen molar-refractivity contribution in [1.29, 1.82) is 0 Å². The highest BCUT2D eigenvalue weighted by atomic mass is 35.5. The van der Waals surface area contributed by atoms with Crippen molar-refractivity contribution in [3.8, 4) is 0 Å². The highest BCUT2D eigenvalue weighted by molar-refractivity contribution is 7.92. The van der Waals surface area contributed by atoms with Crippen LogP contribution in [0.25, 0.3) is 0 Å². The van der Waals surface area contributed by atoms with E-state index < -0.39 is 10.0 Å². The van der Waals surface area contributed by atoms with Crippen molar-refractivity contribution >= 4 is 33.2 Å². The second-order valence-corrected chi connectivity index (χ2v) is 9.76. The van der Waals surface area contributed by atoms with Gasteiger partial charge in [0.1, 0.15) is 6.54 Å². The normalized spacial score (nSPS) is 14.9. The summed E-state index contributed by atoms with van der Waals surface area (Å²) >= 11 is 5.90. The standard InChI is InChI=1S/C22H28ClN3O4S/c1-18-3-7-20(8-4-18)26(31(28,29)21-9-5-19(23)6-10-21)17-22(27)24-11-2-12-25-13-15-30-16-14-25/h3-10H,2,11-17H2,1H3,(H,24,27). The monoisotopic (exact) mass is 465 g/mol. The van der Waals surface area contributed by atoms with Gasteiger partial charge in [0.2, 0.25) is 5.91 Å². The number of benzene rings is 2. The van der Waals surface area contributed by atoms with Crippen molar-refractivity contribution in [2.75, 3.05) is 50.2 Å². The number of hydrogen-bond acceptors (Lipinski definition) is 5. The van der Waals surface area contributed by atoms with Gasteiger partial charge < -0.3 is 10.1 Å². The van der Waals surface area contributed by atoms with Gasteiger partial charge >= 0.3 is 0 Å². The van der Waals surface area contributed by atoms with Crippen LogP contribution in [0.15, 0.2) is 53.4 Å². The molecule has 0 bridgehead atoms. The Bertz CT molecular complexity index is 959. The first-order valence-corrected chi connectivity index (χ1v) is 12.1. The van der Waals surface area contributed by atoms with Crippen LogP contribution in [0.5, 0.6) is 0 Å². The molecule has 1 aliphatic rings. The summed E-state index contributed by atoms with van der Waals surface area (Å²) < 4.78 is 33.0. The Morgan fingerprint density at radius 1 is 1.10 bits per heavy atom. The highest BCUT2D eigenvalue weighted by Crippen LogP contribution is 2.25. The molecule has 0 spiro atoms. The number of sulfonamides is 1. The molecule has 31 heavy (non-hydrogen) atoms. The Hall–Kier alpha value is -2.13. The van der Waals surface area contributed by atoms with E-state index in [0.717, 1.165) is 49.1 Å². The van der Waals surface area contributed by atoms with E-state index in [1.54, 1.807) is 12.1 Å². The first kappa shape index (κ1) is 23.5. The average molecular weight is 466 g/mol. The minimum Gasteiger partial charge on any atom is -0.379 e. The maximum atomic E-state index is 13.3. The zero-order valence-electron chi connectivity index (χ0n) is 17.6. The highest BCUT2D eigenvalue weighted by Gasteiger charge is 2.27. The first-order chi connectivity index (χ1) is 14.9.